The molecular weight excluding hydrogens is 264 g/mol. The van der Waals surface area contributed by atoms with E-state index in [0.717, 1.165) is 17.7 Å². The van der Waals surface area contributed by atoms with E-state index in [1.165, 1.54) is 0 Å². The van der Waals surface area contributed by atoms with Crippen LogP contribution in [0.15, 0.2) is 22.0 Å². The molecule has 1 fully saturated rings. The van der Waals surface area contributed by atoms with E-state index in [9.17, 15) is 4.79 Å². The standard InChI is InChI=1S/C12H14N4O2S/c17-12(13-6-9-2-1-5-19-9)14-7-10-15-11(18-16-10)8-3-4-8/h1-2,5,8H,3-4,6-7H2,(H2,13,14,17). The molecule has 2 N–H and O–H groups in total. The molecule has 2 aromatic rings. The molecule has 0 saturated heterocycles. The van der Waals surface area contributed by atoms with Crippen LogP contribution in [0.4, 0.5) is 4.79 Å². The van der Waals surface area contributed by atoms with E-state index >= 15 is 0 Å². The Kier molecular flexibility index (Phi) is 3.45. The van der Waals surface area contributed by atoms with E-state index in [1.807, 2.05) is 17.5 Å². The van der Waals surface area contributed by atoms with Crippen molar-refractivity contribution in [2.75, 3.05) is 0 Å². The predicted octanol–water partition coefficient (Wildman–Crippen LogP) is 2.01. The number of carbonyl (C=O) groups is 1. The van der Waals surface area contributed by atoms with Crippen molar-refractivity contribution in [2.24, 2.45) is 0 Å². The van der Waals surface area contributed by atoms with Crippen LogP contribution in [0.5, 0.6) is 0 Å². The number of urea groups is 1. The van der Waals surface area contributed by atoms with E-state index < -0.39 is 0 Å². The molecule has 2 aromatic heterocycles. The smallest absolute Gasteiger partial charge is 0.315 e. The highest BCUT2D eigenvalue weighted by atomic mass is 32.1. The molecule has 2 heterocycles. The van der Waals surface area contributed by atoms with Crippen LogP contribution in [-0.4, -0.2) is 16.2 Å². The first-order chi connectivity index (χ1) is 9.31. The molecule has 0 aromatic carbocycles. The fraction of sp³-hybridized carbons (Fsp3) is 0.417. The van der Waals surface area contributed by atoms with Crippen molar-refractivity contribution in [3.05, 3.63) is 34.1 Å². The van der Waals surface area contributed by atoms with E-state index in [-0.39, 0.29) is 12.6 Å². The van der Waals surface area contributed by atoms with Crippen LogP contribution >= 0.6 is 11.3 Å². The molecule has 0 atom stereocenters. The van der Waals surface area contributed by atoms with Gasteiger partial charge in [0.2, 0.25) is 5.89 Å². The quantitative estimate of drug-likeness (QED) is 0.876. The first kappa shape index (κ1) is 12.2. The fourth-order valence-electron chi connectivity index (χ4n) is 1.64. The Morgan fingerprint density at radius 1 is 1.42 bits per heavy atom. The van der Waals surface area contributed by atoms with Crippen LogP contribution in [0.2, 0.25) is 0 Å². The average Bonchev–Trinajstić information content (AvgIpc) is 2.95. The Hall–Kier alpha value is -1.89. The molecule has 0 spiro atoms. The summed E-state index contributed by atoms with van der Waals surface area (Å²) in [5.41, 5.74) is 0. The Labute approximate surface area is 114 Å². The summed E-state index contributed by atoms with van der Waals surface area (Å²) in [4.78, 5) is 16.9. The average molecular weight is 278 g/mol. The van der Waals surface area contributed by atoms with Crippen LogP contribution in [0.3, 0.4) is 0 Å². The molecule has 100 valence electrons. The van der Waals surface area contributed by atoms with Crippen molar-refractivity contribution in [3.63, 3.8) is 0 Å². The second-order valence-electron chi connectivity index (χ2n) is 4.44. The second kappa shape index (κ2) is 5.40. The summed E-state index contributed by atoms with van der Waals surface area (Å²) in [6.45, 7) is 0.815. The summed E-state index contributed by atoms with van der Waals surface area (Å²) in [6.07, 6.45) is 2.24. The fourth-order valence-corrected chi connectivity index (χ4v) is 2.28. The molecule has 0 unspecified atom stereocenters. The van der Waals surface area contributed by atoms with E-state index in [2.05, 4.69) is 20.8 Å². The van der Waals surface area contributed by atoms with Crippen molar-refractivity contribution >= 4 is 17.4 Å². The van der Waals surface area contributed by atoms with Crippen LogP contribution in [0, 0.1) is 0 Å². The molecule has 7 heteroatoms. The van der Waals surface area contributed by atoms with Gasteiger partial charge in [0.25, 0.3) is 0 Å². The summed E-state index contributed by atoms with van der Waals surface area (Å²) in [7, 11) is 0. The molecule has 0 aliphatic heterocycles. The highest BCUT2D eigenvalue weighted by molar-refractivity contribution is 7.09. The summed E-state index contributed by atoms with van der Waals surface area (Å²) in [5.74, 6) is 1.65. The summed E-state index contributed by atoms with van der Waals surface area (Å²) in [5, 5.41) is 11.3. The maximum atomic E-state index is 11.6. The summed E-state index contributed by atoms with van der Waals surface area (Å²) >= 11 is 1.61. The van der Waals surface area contributed by atoms with Gasteiger partial charge in [-0.25, -0.2) is 4.79 Å². The third-order valence-electron chi connectivity index (χ3n) is 2.82. The summed E-state index contributed by atoms with van der Waals surface area (Å²) in [6, 6.07) is 3.70. The van der Waals surface area contributed by atoms with Crippen molar-refractivity contribution in [1.29, 1.82) is 0 Å². The van der Waals surface area contributed by atoms with Gasteiger partial charge in [0.15, 0.2) is 5.82 Å². The molecular formula is C12H14N4O2S. The number of thiophene rings is 1. The lowest BCUT2D eigenvalue weighted by Crippen LogP contribution is -2.34. The maximum Gasteiger partial charge on any atom is 0.315 e. The lowest BCUT2D eigenvalue weighted by Gasteiger charge is -2.04. The molecule has 1 aliphatic rings. The minimum absolute atomic E-state index is 0.230. The number of nitrogens with zero attached hydrogens (tertiary/aromatic N) is 2. The molecule has 1 aliphatic carbocycles. The SMILES string of the molecule is O=C(NCc1noc(C2CC2)n1)NCc1cccs1. The topological polar surface area (TPSA) is 80.1 Å². The third kappa shape index (κ3) is 3.31. The van der Waals surface area contributed by atoms with Gasteiger partial charge in [-0.3, -0.25) is 0 Å². The van der Waals surface area contributed by atoms with Gasteiger partial charge in [-0.2, -0.15) is 4.98 Å². The zero-order valence-corrected chi connectivity index (χ0v) is 11.1. The van der Waals surface area contributed by atoms with Gasteiger partial charge in [-0.15, -0.1) is 11.3 Å². The van der Waals surface area contributed by atoms with Gasteiger partial charge in [0.1, 0.15) is 0 Å². The number of aromatic nitrogens is 2. The van der Waals surface area contributed by atoms with E-state index in [1.54, 1.807) is 11.3 Å². The van der Waals surface area contributed by atoms with Crippen molar-refractivity contribution in [2.45, 2.75) is 31.8 Å². The summed E-state index contributed by atoms with van der Waals surface area (Å²) < 4.78 is 5.11. The van der Waals surface area contributed by atoms with Crippen LogP contribution in [-0.2, 0) is 13.1 Å². The van der Waals surface area contributed by atoms with Crippen LogP contribution < -0.4 is 10.6 Å². The molecule has 6 nitrogen and oxygen atoms in total. The van der Waals surface area contributed by atoms with Gasteiger partial charge in [-0.05, 0) is 24.3 Å². The number of amides is 2. The minimum Gasteiger partial charge on any atom is -0.339 e. The Balaban J connectivity index is 1.41. The maximum absolute atomic E-state index is 11.6. The normalized spacial score (nSPS) is 14.3. The number of hydrogen-bond acceptors (Lipinski definition) is 5. The van der Waals surface area contributed by atoms with Gasteiger partial charge >= 0.3 is 6.03 Å². The van der Waals surface area contributed by atoms with Crippen molar-refractivity contribution in [3.8, 4) is 0 Å². The third-order valence-corrected chi connectivity index (χ3v) is 3.70. The van der Waals surface area contributed by atoms with Crippen molar-refractivity contribution < 1.29 is 9.32 Å². The largest absolute Gasteiger partial charge is 0.339 e. The second-order valence-corrected chi connectivity index (χ2v) is 5.47. The highest BCUT2D eigenvalue weighted by Crippen LogP contribution is 2.38. The monoisotopic (exact) mass is 278 g/mol. The lowest BCUT2D eigenvalue weighted by molar-refractivity contribution is 0.240. The van der Waals surface area contributed by atoms with Crippen LogP contribution in [0.1, 0.15) is 35.4 Å². The molecule has 3 rings (SSSR count). The number of rotatable bonds is 5. The number of nitrogens with one attached hydrogen (secondary N) is 2. The van der Waals surface area contributed by atoms with Gasteiger partial charge in [-0.1, -0.05) is 11.2 Å². The van der Waals surface area contributed by atoms with Crippen LogP contribution in [0.25, 0.3) is 0 Å². The predicted molar refractivity (Wildman–Crippen MR) is 69.7 cm³/mol. The highest BCUT2D eigenvalue weighted by Gasteiger charge is 2.29. The zero-order valence-electron chi connectivity index (χ0n) is 10.3. The van der Waals surface area contributed by atoms with Crippen molar-refractivity contribution in [1.82, 2.24) is 20.8 Å². The first-order valence-electron chi connectivity index (χ1n) is 6.18. The molecule has 0 bridgehead atoms. The lowest BCUT2D eigenvalue weighted by atomic mass is 10.4. The molecule has 0 radical (unpaired) electrons. The minimum atomic E-state index is -0.230. The van der Waals surface area contributed by atoms with Gasteiger partial charge < -0.3 is 15.2 Å². The Morgan fingerprint density at radius 2 is 2.26 bits per heavy atom. The van der Waals surface area contributed by atoms with E-state index in [4.69, 9.17) is 4.52 Å². The first-order valence-corrected chi connectivity index (χ1v) is 7.06. The molecule has 1 saturated carbocycles. The Bertz CT molecular complexity index is 548. The number of carbonyl (C=O) groups excluding carboxylic acids is 1. The Morgan fingerprint density at radius 3 is 3.00 bits per heavy atom. The number of hydrogen-bond donors (Lipinski definition) is 2. The van der Waals surface area contributed by atoms with Gasteiger partial charge in [0.05, 0.1) is 13.1 Å². The van der Waals surface area contributed by atoms with Gasteiger partial charge in [0, 0.05) is 10.8 Å². The van der Waals surface area contributed by atoms with E-state index in [0.29, 0.717) is 24.2 Å². The molecule has 19 heavy (non-hydrogen) atoms. The zero-order chi connectivity index (χ0) is 13.1. The molecule has 2 amide bonds.